The molecule has 1 heterocycles. The molecule has 1 aliphatic heterocycles. The zero-order valence-electron chi connectivity index (χ0n) is 8.79. The first kappa shape index (κ1) is 11.0. The van der Waals surface area contributed by atoms with Crippen LogP contribution in [0.2, 0.25) is 0 Å². The van der Waals surface area contributed by atoms with E-state index in [9.17, 15) is 9.59 Å². The highest BCUT2D eigenvalue weighted by molar-refractivity contribution is 6.30. The molecule has 2 amide bonds. The van der Waals surface area contributed by atoms with Crippen LogP contribution in [0.4, 0.5) is 11.4 Å². The molecule has 0 unspecified atom stereocenters. The summed E-state index contributed by atoms with van der Waals surface area (Å²) in [5.41, 5.74) is 2.40. The molecular formula is C11H11ClN2O2. The summed E-state index contributed by atoms with van der Waals surface area (Å²) in [5.74, 6) is -0.584. The average Bonchev–Trinajstić information content (AvgIpc) is 2.27. The maximum absolute atomic E-state index is 11.6. The van der Waals surface area contributed by atoms with Crippen molar-refractivity contribution in [3.05, 3.63) is 23.8 Å². The molecule has 2 rings (SSSR count). The van der Waals surface area contributed by atoms with E-state index in [-0.39, 0.29) is 24.2 Å². The third kappa shape index (κ3) is 1.88. The van der Waals surface area contributed by atoms with Crippen molar-refractivity contribution in [2.45, 2.75) is 6.92 Å². The Labute approximate surface area is 98.2 Å². The van der Waals surface area contributed by atoms with Gasteiger partial charge >= 0.3 is 0 Å². The van der Waals surface area contributed by atoms with Crippen LogP contribution in [0.15, 0.2) is 18.2 Å². The number of amides is 2. The van der Waals surface area contributed by atoms with Gasteiger partial charge in [-0.15, -0.1) is 11.6 Å². The number of carbonyl (C=O) groups excluding carboxylic acids is 2. The van der Waals surface area contributed by atoms with Crippen LogP contribution in [0.5, 0.6) is 0 Å². The molecule has 5 heteroatoms. The Morgan fingerprint density at radius 2 is 2.31 bits per heavy atom. The van der Waals surface area contributed by atoms with E-state index in [1.165, 1.54) is 4.90 Å². The lowest BCUT2D eigenvalue weighted by Crippen LogP contribution is -2.42. The van der Waals surface area contributed by atoms with Gasteiger partial charge in [0.25, 0.3) is 0 Å². The molecule has 0 aromatic heterocycles. The molecule has 0 bridgehead atoms. The monoisotopic (exact) mass is 238 g/mol. The summed E-state index contributed by atoms with van der Waals surface area (Å²) in [4.78, 5) is 24.4. The van der Waals surface area contributed by atoms with E-state index in [0.29, 0.717) is 11.4 Å². The second kappa shape index (κ2) is 4.14. The third-order valence-corrected chi connectivity index (χ3v) is 2.66. The lowest BCUT2D eigenvalue weighted by Gasteiger charge is -2.29. The van der Waals surface area contributed by atoms with Crippen LogP contribution in [0, 0.1) is 6.92 Å². The summed E-state index contributed by atoms with van der Waals surface area (Å²) in [6, 6.07) is 5.53. The summed E-state index contributed by atoms with van der Waals surface area (Å²) in [7, 11) is 0. The second-order valence-corrected chi connectivity index (χ2v) is 3.95. The highest BCUT2D eigenvalue weighted by atomic mass is 35.5. The number of benzene rings is 1. The van der Waals surface area contributed by atoms with Gasteiger partial charge in [-0.25, -0.2) is 0 Å². The minimum atomic E-state index is -0.261. The molecule has 0 saturated heterocycles. The fourth-order valence-corrected chi connectivity index (χ4v) is 1.83. The quantitative estimate of drug-likeness (QED) is 0.755. The molecule has 1 aliphatic rings. The van der Waals surface area contributed by atoms with Crippen molar-refractivity contribution in [2.75, 3.05) is 22.6 Å². The smallest absolute Gasteiger partial charge is 0.244 e. The molecule has 0 radical (unpaired) electrons. The van der Waals surface area contributed by atoms with Crippen LogP contribution in [0.25, 0.3) is 0 Å². The molecule has 0 aliphatic carbocycles. The number of nitrogens with zero attached hydrogens (tertiary/aromatic N) is 1. The maximum atomic E-state index is 11.6. The Morgan fingerprint density at radius 1 is 1.56 bits per heavy atom. The Kier molecular flexibility index (Phi) is 2.83. The summed E-state index contributed by atoms with van der Waals surface area (Å²) in [6.07, 6.45) is 0. The summed E-state index contributed by atoms with van der Waals surface area (Å²) >= 11 is 5.52. The fraction of sp³-hybridized carbons (Fsp3) is 0.273. The minimum Gasteiger partial charge on any atom is -0.323 e. The first-order valence-electron chi connectivity index (χ1n) is 4.88. The minimum absolute atomic E-state index is 0.0298. The number of fused-ring (bicyclic) bond motifs is 1. The number of aryl methyl sites for hydroxylation is 1. The van der Waals surface area contributed by atoms with E-state index >= 15 is 0 Å². The lowest BCUT2D eigenvalue weighted by molar-refractivity contribution is -0.120. The van der Waals surface area contributed by atoms with Gasteiger partial charge in [0.05, 0.1) is 11.4 Å². The Morgan fingerprint density at radius 3 is 3.00 bits per heavy atom. The van der Waals surface area contributed by atoms with E-state index in [1.807, 2.05) is 19.1 Å². The van der Waals surface area contributed by atoms with Crippen LogP contribution in [-0.2, 0) is 9.59 Å². The third-order valence-electron chi connectivity index (χ3n) is 2.44. The van der Waals surface area contributed by atoms with Crippen LogP contribution < -0.4 is 10.2 Å². The van der Waals surface area contributed by atoms with Crippen molar-refractivity contribution >= 4 is 34.8 Å². The molecule has 1 aromatic carbocycles. The second-order valence-electron chi connectivity index (χ2n) is 3.68. The molecule has 4 nitrogen and oxygen atoms in total. The predicted octanol–water partition coefficient (Wildman–Crippen LogP) is 1.52. The number of carbonyl (C=O) groups is 2. The van der Waals surface area contributed by atoms with Crippen molar-refractivity contribution in [1.82, 2.24) is 0 Å². The Bertz CT molecular complexity index is 459. The van der Waals surface area contributed by atoms with Crippen molar-refractivity contribution in [3.8, 4) is 0 Å². The van der Waals surface area contributed by atoms with E-state index < -0.39 is 0 Å². The zero-order chi connectivity index (χ0) is 11.7. The van der Waals surface area contributed by atoms with Gasteiger partial charge in [0.15, 0.2) is 0 Å². The SMILES string of the molecule is Cc1ccc2c(c1)N(C(=O)CCl)CC(=O)N2. The van der Waals surface area contributed by atoms with Crippen molar-refractivity contribution in [2.24, 2.45) is 0 Å². The van der Waals surface area contributed by atoms with Gasteiger partial charge in [0.1, 0.15) is 12.4 Å². The number of nitrogens with one attached hydrogen (secondary N) is 1. The molecule has 0 atom stereocenters. The van der Waals surface area contributed by atoms with Crippen LogP contribution in [-0.4, -0.2) is 24.2 Å². The molecule has 0 fully saturated rings. The van der Waals surface area contributed by atoms with Crippen molar-refractivity contribution in [1.29, 1.82) is 0 Å². The highest BCUT2D eigenvalue weighted by Gasteiger charge is 2.26. The zero-order valence-corrected chi connectivity index (χ0v) is 9.54. The van der Waals surface area contributed by atoms with Gasteiger partial charge in [-0.2, -0.15) is 0 Å². The normalized spacial score (nSPS) is 14.4. The van der Waals surface area contributed by atoms with E-state index in [0.717, 1.165) is 5.56 Å². The van der Waals surface area contributed by atoms with Gasteiger partial charge in [-0.05, 0) is 24.6 Å². The first-order valence-corrected chi connectivity index (χ1v) is 5.42. The largest absolute Gasteiger partial charge is 0.323 e. The average molecular weight is 239 g/mol. The Hall–Kier alpha value is -1.55. The number of alkyl halides is 1. The molecule has 0 saturated carbocycles. The number of anilines is 2. The van der Waals surface area contributed by atoms with Crippen LogP contribution >= 0.6 is 11.6 Å². The van der Waals surface area contributed by atoms with E-state index in [1.54, 1.807) is 6.07 Å². The summed E-state index contributed by atoms with van der Waals surface area (Å²) < 4.78 is 0. The topological polar surface area (TPSA) is 49.4 Å². The molecule has 0 spiro atoms. The van der Waals surface area contributed by atoms with Crippen LogP contribution in [0.1, 0.15) is 5.56 Å². The highest BCUT2D eigenvalue weighted by Crippen LogP contribution is 2.30. The van der Waals surface area contributed by atoms with Crippen LogP contribution in [0.3, 0.4) is 0 Å². The number of rotatable bonds is 1. The molecule has 84 valence electrons. The van der Waals surface area contributed by atoms with Crippen molar-refractivity contribution in [3.63, 3.8) is 0 Å². The summed E-state index contributed by atoms with van der Waals surface area (Å²) in [5, 5.41) is 2.72. The fourth-order valence-electron chi connectivity index (χ4n) is 1.68. The van der Waals surface area contributed by atoms with Gasteiger partial charge in [0, 0.05) is 0 Å². The van der Waals surface area contributed by atoms with Gasteiger partial charge in [-0.3, -0.25) is 14.5 Å². The molecule has 16 heavy (non-hydrogen) atoms. The van der Waals surface area contributed by atoms with Crippen molar-refractivity contribution < 1.29 is 9.59 Å². The number of halogens is 1. The molecule has 1 aromatic rings. The van der Waals surface area contributed by atoms with Gasteiger partial charge < -0.3 is 5.32 Å². The van der Waals surface area contributed by atoms with E-state index in [4.69, 9.17) is 11.6 Å². The lowest BCUT2D eigenvalue weighted by atomic mass is 10.1. The van der Waals surface area contributed by atoms with Gasteiger partial charge in [-0.1, -0.05) is 6.07 Å². The first-order chi connectivity index (χ1) is 7.61. The maximum Gasteiger partial charge on any atom is 0.244 e. The summed E-state index contributed by atoms with van der Waals surface area (Å²) in [6.45, 7) is 1.96. The molecular weight excluding hydrogens is 228 g/mol. The number of hydrogen-bond donors (Lipinski definition) is 1. The molecule has 1 N–H and O–H groups in total. The number of hydrogen-bond acceptors (Lipinski definition) is 2. The Balaban J connectivity index is 2.47. The van der Waals surface area contributed by atoms with E-state index in [2.05, 4.69) is 5.32 Å². The van der Waals surface area contributed by atoms with Gasteiger partial charge in [0.2, 0.25) is 11.8 Å². The standard InChI is InChI=1S/C11H11ClN2O2/c1-7-2-3-8-9(4-7)14(11(16)5-12)6-10(15)13-8/h2-4H,5-6H2,1H3,(H,13,15). The predicted molar refractivity (Wildman–Crippen MR) is 62.9 cm³/mol.